The molecule has 3 amide bonds. The van der Waals surface area contributed by atoms with Crippen molar-refractivity contribution in [3.8, 4) is 23.0 Å². The number of sulfonamides is 1. The number of anilines is 5. The van der Waals surface area contributed by atoms with Crippen LogP contribution in [-0.4, -0.2) is 69.5 Å². The molecule has 16 nitrogen and oxygen atoms in total. The molecule has 1 atom stereocenters. The molecule has 0 saturated carbocycles. The number of nitrogens with one attached hydrogen (secondary N) is 3. The largest absolute Gasteiger partial charge is 0.496 e. The molecule has 17 heteroatoms. The molecule has 1 heterocycles. The summed E-state index contributed by atoms with van der Waals surface area (Å²) < 4.78 is 44.9. The standard InChI is InChI=1S/C42H49N7O9S/c1-42(2,3)25-21-32(48-59(6,54)55)38(57-5)34(22-25)49(41(44)53)33-16-17-35(29-12-8-7-11-28(29)33)58-27-18-20-45-37(24-27)47-26-14-15-30(36(23-26)56-4)39(50)46-19-10-9-13-31(43)40(51)52/h7-8,11-12,14-18,20-24,31,48H,9-10,13,19,43H2,1-6H3,(H2,44,53)(H,45,47)(H,46,50)(H,51,52)/t31-/m1/s1. The molecule has 0 aliphatic rings. The zero-order valence-corrected chi connectivity index (χ0v) is 34.5. The number of methoxy groups -OCH3 is 2. The van der Waals surface area contributed by atoms with Gasteiger partial charge in [-0.1, -0.05) is 45.0 Å². The maximum Gasteiger partial charge on any atom is 0.324 e. The van der Waals surface area contributed by atoms with Crippen LogP contribution in [0.5, 0.6) is 23.0 Å². The highest BCUT2D eigenvalue weighted by Gasteiger charge is 2.28. The SMILES string of the molecule is COc1cc(Nc2cc(Oc3ccc(N(C(N)=O)c4cc(C(C)(C)C)cc(NS(C)(=O)=O)c4OC)c4ccccc34)ccn2)ccc1C(=O)NCCCC[C@@H](N)C(=O)O. The van der Waals surface area contributed by atoms with Crippen molar-refractivity contribution < 1.29 is 42.1 Å². The number of nitrogens with zero attached hydrogens (tertiary/aromatic N) is 2. The van der Waals surface area contributed by atoms with E-state index in [-0.39, 0.29) is 23.0 Å². The van der Waals surface area contributed by atoms with Crippen molar-refractivity contribution in [2.75, 3.05) is 42.0 Å². The van der Waals surface area contributed by atoms with Gasteiger partial charge in [-0.3, -0.25) is 19.2 Å². The normalized spacial score (nSPS) is 12.0. The Balaban J connectivity index is 1.40. The number of ether oxygens (including phenoxy) is 3. The van der Waals surface area contributed by atoms with Crippen molar-refractivity contribution in [1.82, 2.24) is 10.3 Å². The van der Waals surface area contributed by atoms with Gasteiger partial charge in [-0.25, -0.2) is 18.2 Å². The van der Waals surface area contributed by atoms with Crippen molar-refractivity contribution in [2.45, 2.75) is 51.5 Å². The summed E-state index contributed by atoms with van der Waals surface area (Å²) in [4.78, 5) is 42.9. The second-order valence-corrected chi connectivity index (χ2v) is 16.5. The number of carbonyl (C=O) groups is 3. The van der Waals surface area contributed by atoms with Crippen LogP contribution in [-0.2, 0) is 20.2 Å². The zero-order chi connectivity index (χ0) is 43.1. The fourth-order valence-corrected chi connectivity index (χ4v) is 6.84. The molecule has 1 aromatic heterocycles. The number of fused-ring (bicyclic) bond motifs is 1. The minimum absolute atomic E-state index is 0.103. The molecule has 0 radical (unpaired) electrons. The Hall–Kier alpha value is -6.59. The van der Waals surface area contributed by atoms with Crippen LogP contribution in [0.25, 0.3) is 10.8 Å². The number of carboxylic acids is 1. The van der Waals surface area contributed by atoms with Crippen molar-refractivity contribution in [3.05, 3.63) is 96.2 Å². The summed E-state index contributed by atoms with van der Waals surface area (Å²) in [5.41, 5.74) is 13.6. The van der Waals surface area contributed by atoms with Gasteiger partial charge in [-0.05, 0) is 72.7 Å². The number of carbonyl (C=O) groups excluding carboxylic acids is 2. The molecule has 0 fully saturated rings. The minimum atomic E-state index is -3.73. The topological polar surface area (TPSA) is 238 Å². The van der Waals surface area contributed by atoms with Gasteiger partial charge >= 0.3 is 12.0 Å². The average Bonchev–Trinajstić information content (AvgIpc) is 3.17. The third-order valence-corrected chi connectivity index (χ3v) is 9.81. The minimum Gasteiger partial charge on any atom is -0.496 e. The first-order valence-electron chi connectivity index (χ1n) is 18.6. The van der Waals surface area contributed by atoms with Crippen molar-refractivity contribution in [3.63, 3.8) is 0 Å². The van der Waals surface area contributed by atoms with Crippen LogP contribution in [0.1, 0.15) is 56.0 Å². The van der Waals surface area contributed by atoms with Crippen LogP contribution in [0, 0.1) is 0 Å². The van der Waals surface area contributed by atoms with E-state index in [9.17, 15) is 22.8 Å². The van der Waals surface area contributed by atoms with Gasteiger partial charge in [0.2, 0.25) is 10.0 Å². The molecule has 59 heavy (non-hydrogen) atoms. The number of hydrogen-bond acceptors (Lipinski definition) is 11. The maximum atomic E-state index is 13.4. The van der Waals surface area contributed by atoms with E-state index in [4.69, 9.17) is 30.8 Å². The second-order valence-electron chi connectivity index (χ2n) is 14.7. The average molecular weight is 828 g/mol. The van der Waals surface area contributed by atoms with Gasteiger partial charge in [0.05, 0.1) is 43.1 Å². The number of amides is 3. The summed E-state index contributed by atoms with van der Waals surface area (Å²) in [6, 6.07) is 20.7. The summed E-state index contributed by atoms with van der Waals surface area (Å²) in [6.07, 6.45) is 4.04. The van der Waals surface area contributed by atoms with E-state index in [1.54, 1.807) is 60.8 Å². The highest BCUT2D eigenvalue weighted by molar-refractivity contribution is 7.92. The summed E-state index contributed by atoms with van der Waals surface area (Å²) in [7, 11) is -0.888. The third-order valence-electron chi connectivity index (χ3n) is 9.22. The first-order valence-corrected chi connectivity index (χ1v) is 20.5. The Labute approximate surface area is 342 Å². The number of primary amides is 1. The number of carboxylic acid groups (broad SMARTS) is 1. The molecule has 8 N–H and O–H groups in total. The van der Waals surface area contributed by atoms with Gasteiger partial charge in [-0.2, -0.15) is 0 Å². The molecule has 0 spiro atoms. The Morgan fingerprint density at radius 2 is 1.63 bits per heavy atom. The quantitative estimate of drug-likeness (QED) is 0.0521. The Bertz CT molecular complexity index is 2470. The monoisotopic (exact) mass is 827 g/mol. The van der Waals surface area contributed by atoms with Crippen LogP contribution in [0.2, 0.25) is 0 Å². The van der Waals surface area contributed by atoms with Crippen LogP contribution in [0.3, 0.4) is 0 Å². The highest BCUT2D eigenvalue weighted by atomic mass is 32.2. The number of nitrogens with two attached hydrogens (primary N) is 2. The van der Waals surface area contributed by atoms with Gasteiger partial charge in [0.1, 0.15) is 29.1 Å². The Morgan fingerprint density at radius 1 is 0.898 bits per heavy atom. The van der Waals surface area contributed by atoms with E-state index in [0.29, 0.717) is 76.6 Å². The predicted octanol–water partition coefficient (Wildman–Crippen LogP) is 6.99. The van der Waals surface area contributed by atoms with E-state index in [0.717, 1.165) is 11.8 Å². The first kappa shape index (κ1) is 43.5. The number of unbranched alkanes of at least 4 members (excludes halogenated alkanes) is 1. The molecule has 4 aromatic carbocycles. The van der Waals surface area contributed by atoms with Gasteiger partial charge < -0.3 is 41.4 Å². The van der Waals surface area contributed by atoms with Gasteiger partial charge in [-0.15, -0.1) is 0 Å². The van der Waals surface area contributed by atoms with E-state index in [2.05, 4.69) is 20.3 Å². The molecule has 0 unspecified atom stereocenters. The fourth-order valence-electron chi connectivity index (χ4n) is 6.29. The molecule has 0 aliphatic carbocycles. The van der Waals surface area contributed by atoms with Crippen molar-refractivity contribution >= 4 is 67.3 Å². The summed E-state index contributed by atoms with van der Waals surface area (Å²) in [5.74, 6) is 0.375. The van der Waals surface area contributed by atoms with Crippen LogP contribution in [0.4, 0.5) is 33.4 Å². The zero-order valence-electron chi connectivity index (χ0n) is 33.7. The van der Waals surface area contributed by atoms with Gasteiger partial charge in [0.25, 0.3) is 5.91 Å². The molecule has 0 saturated heterocycles. The number of pyridine rings is 1. The Kier molecular flexibility index (Phi) is 13.5. The maximum absolute atomic E-state index is 13.4. The number of urea groups is 1. The second kappa shape index (κ2) is 18.3. The first-order chi connectivity index (χ1) is 27.9. The molecule has 5 rings (SSSR count). The molecule has 5 aromatic rings. The summed E-state index contributed by atoms with van der Waals surface area (Å²) in [5, 5.41) is 16.2. The lowest BCUT2D eigenvalue weighted by Gasteiger charge is -2.29. The lowest BCUT2D eigenvalue weighted by Crippen LogP contribution is -2.32. The highest BCUT2D eigenvalue weighted by Crippen LogP contribution is 2.46. The number of aliphatic carboxylic acids is 1. The van der Waals surface area contributed by atoms with Gasteiger partial charge in [0.15, 0.2) is 5.75 Å². The molecular formula is C42H49N7O9S. The smallest absolute Gasteiger partial charge is 0.324 e. The molecule has 0 aliphatic heterocycles. The molecular weight excluding hydrogens is 779 g/mol. The third kappa shape index (κ3) is 10.9. The van der Waals surface area contributed by atoms with Crippen LogP contribution >= 0.6 is 0 Å². The van der Waals surface area contributed by atoms with E-state index >= 15 is 0 Å². The van der Waals surface area contributed by atoms with Crippen molar-refractivity contribution in [2.24, 2.45) is 11.5 Å². The fraction of sp³-hybridized carbons (Fsp3) is 0.286. The molecule has 312 valence electrons. The van der Waals surface area contributed by atoms with E-state index in [1.807, 2.05) is 45.0 Å². The predicted molar refractivity (Wildman–Crippen MR) is 228 cm³/mol. The number of aromatic nitrogens is 1. The summed E-state index contributed by atoms with van der Waals surface area (Å²) in [6.45, 7) is 6.23. The summed E-state index contributed by atoms with van der Waals surface area (Å²) >= 11 is 0. The number of hydrogen-bond donors (Lipinski definition) is 6. The lowest BCUT2D eigenvalue weighted by molar-refractivity contribution is -0.138. The van der Waals surface area contributed by atoms with Gasteiger partial charge in [0, 0.05) is 41.3 Å². The van der Waals surface area contributed by atoms with Crippen LogP contribution < -0.4 is 45.9 Å². The van der Waals surface area contributed by atoms with E-state index in [1.165, 1.54) is 19.1 Å². The Morgan fingerprint density at radius 3 is 2.27 bits per heavy atom. The van der Waals surface area contributed by atoms with Crippen molar-refractivity contribution in [1.29, 1.82) is 0 Å². The number of rotatable bonds is 17. The van der Waals surface area contributed by atoms with Crippen LogP contribution in [0.15, 0.2) is 85.1 Å². The number of benzene rings is 4. The van der Waals surface area contributed by atoms with E-state index < -0.39 is 33.5 Å². The lowest BCUT2D eigenvalue weighted by atomic mass is 9.86. The molecule has 0 bridgehead atoms.